The second kappa shape index (κ2) is 3.62. The number of hydrogen-bond acceptors (Lipinski definition) is 3. The van der Waals surface area contributed by atoms with Crippen molar-refractivity contribution in [1.29, 1.82) is 0 Å². The molecule has 2 aliphatic rings. The van der Waals surface area contributed by atoms with Crippen LogP contribution >= 0.6 is 12.4 Å². The van der Waals surface area contributed by atoms with Gasteiger partial charge in [-0.15, -0.1) is 12.4 Å². The lowest BCUT2D eigenvalue weighted by molar-refractivity contribution is -0.153. The van der Waals surface area contributed by atoms with Gasteiger partial charge in [0.05, 0.1) is 13.0 Å². The molecular formula is C8H14ClNO2. The summed E-state index contributed by atoms with van der Waals surface area (Å²) >= 11 is 0. The number of rotatable bonds is 1. The van der Waals surface area contributed by atoms with Gasteiger partial charge >= 0.3 is 5.97 Å². The Morgan fingerprint density at radius 3 is 2.83 bits per heavy atom. The van der Waals surface area contributed by atoms with E-state index < -0.39 is 0 Å². The van der Waals surface area contributed by atoms with Crippen LogP contribution < -0.4 is 5.32 Å². The molecule has 3 atom stereocenters. The lowest BCUT2D eigenvalue weighted by Gasteiger charge is -2.37. The van der Waals surface area contributed by atoms with Gasteiger partial charge in [-0.3, -0.25) is 4.79 Å². The van der Waals surface area contributed by atoms with E-state index in [9.17, 15) is 4.79 Å². The third-order valence-corrected chi connectivity index (χ3v) is 2.97. The van der Waals surface area contributed by atoms with Crippen molar-refractivity contribution in [3.8, 4) is 0 Å². The van der Waals surface area contributed by atoms with Gasteiger partial charge in [-0.1, -0.05) is 0 Å². The van der Waals surface area contributed by atoms with Gasteiger partial charge in [0.15, 0.2) is 0 Å². The second-order valence-electron chi connectivity index (χ2n) is 3.45. The Kier molecular flexibility index (Phi) is 2.96. The fourth-order valence-corrected chi connectivity index (χ4v) is 2.21. The molecule has 0 aromatic heterocycles. The normalized spacial score (nSPS) is 37.6. The Labute approximate surface area is 78.3 Å². The van der Waals surface area contributed by atoms with Gasteiger partial charge in [-0.2, -0.15) is 0 Å². The predicted molar refractivity (Wildman–Crippen MR) is 47.2 cm³/mol. The largest absolute Gasteiger partial charge is 0.469 e. The highest BCUT2D eigenvalue weighted by atomic mass is 35.5. The fraction of sp³-hybridized carbons (Fsp3) is 0.875. The second-order valence-corrected chi connectivity index (χ2v) is 3.45. The van der Waals surface area contributed by atoms with Gasteiger partial charge in [0.1, 0.15) is 0 Å². The summed E-state index contributed by atoms with van der Waals surface area (Å²) in [6.45, 7) is 2.10. The van der Waals surface area contributed by atoms with E-state index in [2.05, 4.69) is 5.32 Å². The highest BCUT2D eigenvalue weighted by Crippen LogP contribution is 2.42. The zero-order chi connectivity index (χ0) is 7.84. The molecule has 1 saturated heterocycles. The highest BCUT2D eigenvalue weighted by Gasteiger charge is 2.47. The summed E-state index contributed by atoms with van der Waals surface area (Å²) in [4.78, 5) is 11.1. The average Bonchev–Trinajstić information content (AvgIpc) is 2.32. The molecule has 3 nitrogen and oxygen atoms in total. The van der Waals surface area contributed by atoms with Gasteiger partial charge in [0, 0.05) is 0 Å². The van der Waals surface area contributed by atoms with Crippen molar-refractivity contribution in [3.05, 3.63) is 0 Å². The van der Waals surface area contributed by atoms with Crippen LogP contribution in [0.1, 0.15) is 6.42 Å². The third-order valence-electron chi connectivity index (χ3n) is 2.97. The predicted octanol–water partition coefficient (Wildman–Crippen LogP) is 0.437. The summed E-state index contributed by atoms with van der Waals surface area (Å²) in [5.41, 5.74) is 0. The smallest absolute Gasteiger partial charge is 0.309 e. The van der Waals surface area contributed by atoms with Gasteiger partial charge in [0.25, 0.3) is 0 Å². The molecule has 0 aromatic rings. The van der Waals surface area contributed by atoms with Crippen LogP contribution in [0, 0.1) is 17.8 Å². The Hall–Kier alpha value is -0.280. The summed E-state index contributed by atoms with van der Waals surface area (Å²) in [5, 5.41) is 3.29. The van der Waals surface area contributed by atoms with E-state index in [1.807, 2.05) is 0 Å². The summed E-state index contributed by atoms with van der Waals surface area (Å²) in [7, 11) is 1.47. The molecule has 1 aliphatic heterocycles. The molecule has 0 radical (unpaired) electrons. The molecule has 3 unspecified atom stereocenters. The first-order chi connectivity index (χ1) is 5.33. The molecule has 0 spiro atoms. The maximum absolute atomic E-state index is 11.1. The zero-order valence-electron chi connectivity index (χ0n) is 7.08. The van der Waals surface area contributed by atoms with Crippen molar-refractivity contribution in [2.24, 2.45) is 17.8 Å². The first kappa shape index (κ1) is 9.81. The molecule has 2 fully saturated rings. The lowest BCUT2D eigenvalue weighted by Crippen LogP contribution is -2.41. The summed E-state index contributed by atoms with van der Waals surface area (Å²) in [5.74, 6) is 1.50. The SMILES string of the molecule is COC(=O)C1CC2CNCC21.Cl. The molecule has 0 aromatic carbocycles. The number of halogens is 1. The molecule has 1 saturated carbocycles. The quantitative estimate of drug-likeness (QED) is 0.612. The van der Waals surface area contributed by atoms with Crippen molar-refractivity contribution in [3.63, 3.8) is 0 Å². The van der Waals surface area contributed by atoms with E-state index in [0.29, 0.717) is 5.92 Å². The van der Waals surface area contributed by atoms with Gasteiger partial charge in [-0.05, 0) is 31.3 Å². The van der Waals surface area contributed by atoms with Crippen molar-refractivity contribution >= 4 is 18.4 Å². The van der Waals surface area contributed by atoms with Crippen LogP contribution in [0.2, 0.25) is 0 Å². The minimum atomic E-state index is -0.0186. The molecule has 70 valence electrons. The highest BCUT2D eigenvalue weighted by molar-refractivity contribution is 5.85. The molecule has 1 N–H and O–H groups in total. The average molecular weight is 192 g/mol. The molecule has 1 heterocycles. The number of methoxy groups -OCH3 is 1. The van der Waals surface area contributed by atoms with Gasteiger partial charge in [-0.25, -0.2) is 0 Å². The first-order valence-corrected chi connectivity index (χ1v) is 4.11. The molecule has 0 amide bonds. The van der Waals surface area contributed by atoms with Crippen molar-refractivity contribution < 1.29 is 9.53 Å². The number of fused-ring (bicyclic) bond motifs is 1. The molecule has 0 bridgehead atoms. The maximum atomic E-state index is 11.1. The molecular weight excluding hydrogens is 178 g/mol. The van der Waals surface area contributed by atoms with Gasteiger partial charge in [0.2, 0.25) is 0 Å². The lowest BCUT2D eigenvalue weighted by atomic mass is 9.67. The molecule has 4 heteroatoms. The van der Waals surface area contributed by atoms with Crippen LogP contribution in [-0.4, -0.2) is 26.2 Å². The summed E-state index contributed by atoms with van der Waals surface area (Å²) in [6.07, 6.45) is 1.03. The molecule has 2 rings (SSSR count). The van der Waals surface area contributed by atoms with Crippen molar-refractivity contribution in [1.82, 2.24) is 5.32 Å². The Bertz CT molecular complexity index is 186. The zero-order valence-corrected chi connectivity index (χ0v) is 7.89. The Morgan fingerprint density at radius 1 is 1.50 bits per heavy atom. The number of carbonyl (C=O) groups excluding carboxylic acids is 1. The van der Waals surface area contributed by atoms with E-state index in [1.165, 1.54) is 7.11 Å². The maximum Gasteiger partial charge on any atom is 0.309 e. The number of ether oxygens (including phenoxy) is 1. The van der Waals surface area contributed by atoms with Gasteiger partial charge < -0.3 is 10.1 Å². The van der Waals surface area contributed by atoms with Crippen molar-refractivity contribution in [2.45, 2.75) is 6.42 Å². The number of esters is 1. The number of carbonyl (C=O) groups is 1. The van der Waals surface area contributed by atoms with Crippen LogP contribution in [0.15, 0.2) is 0 Å². The Balaban J connectivity index is 0.000000720. The van der Waals surface area contributed by atoms with Crippen LogP contribution in [-0.2, 0) is 9.53 Å². The van der Waals surface area contributed by atoms with E-state index in [4.69, 9.17) is 4.74 Å². The number of hydrogen-bond donors (Lipinski definition) is 1. The monoisotopic (exact) mass is 191 g/mol. The van der Waals surface area contributed by atoms with Crippen LogP contribution in [0.25, 0.3) is 0 Å². The third kappa shape index (κ3) is 1.31. The van der Waals surface area contributed by atoms with Crippen LogP contribution in [0.4, 0.5) is 0 Å². The van der Waals surface area contributed by atoms with Crippen LogP contribution in [0.5, 0.6) is 0 Å². The van der Waals surface area contributed by atoms with Crippen LogP contribution in [0.3, 0.4) is 0 Å². The van der Waals surface area contributed by atoms with E-state index >= 15 is 0 Å². The minimum Gasteiger partial charge on any atom is -0.469 e. The summed E-state index contributed by atoms with van der Waals surface area (Å²) < 4.78 is 4.70. The standard InChI is InChI=1S/C8H13NO2.ClH/c1-11-8(10)6-2-5-3-9-4-7(5)6;/h5-7,9H,2-4H2,1H3;1H. The van der Waals surface area contributed by atoms with Crippen molar-refractivity contribution in [2.75, 3.05) is 20.2 Å². The molecule has 12 heavy (non-hydrogen) atoms. The summed E-state index contributed by atoms with van der Waals surface area (Å²) in [6, 6.07) is 0. The Morgan fingerprint density at radius 2 is 2.25 bits per heavy atom. The van der Waals surface area contributed by atoms with E-state index in [0.717, 1.165) is 25.4 Å². The fourth-order valence-electron chi connectivity index (χ4n) is 2.21. The molecule has 1 aliphatic carbocycles. The van der Waals surface area contributed by atoms with E-state index in [-0.39, 0.29) is 24.3 Å². The topological polar surface area (TPSA) is 38.3 Å². The minimum absolute atomic E-state index is 0. The first-order valence-electron chi connectivity index (χ1n) is 4.11. The number of nitrogens with one attached hydrogen (secondary N) is 1. The van der Waals surface area contributed by atoms with E-state index in [1.54, 1.807) is 0 Å².